The van der Waals surface area contributed by atoms with Crippen LogP contribution in [-0.2, 0) is 23.1 Å². The van der Waals surface area contributed by atoms with E-state index in [1.54, 1.807) is 16.8 Å². The molecule has 5 rings (SSSR count). The first-order valence-corrected chi connectivity index (χ1v) is 13.4. The van der Waals surface area contributed by atoms with E-state index in [0.717, 1.165) is 22.3 Å². The standard InChI is InChI=1S/C30H34N4O6/c1-30(2,3)40-28(37)33-14-13-19(16-33)34(17-20-15-26(27(35)36)31-32(20)4)29(38)39-18-25-23-11-7-5-9-21(23)22-10-6-8-12-24(22)25/h5-12,15,19,25H,13-14,16-18H2,1-4H3,(H,35,36). The Labute approximate surface area is 233 Å². The van der Waals surface area contributed by atoms with Crippen molar-refractivity contribution in [1.29, 1.82) is 0 Å². The second-order valence-corrected chi connectivity index (χ2v) is 11.3. The predicted molar refractivity (Wildman–Crippen MR) is 147 cm³/mol. The largest absolute Gasteiger partial charge is 0.476 e. The predicted octanol–water partition coefficient (Wildman–Crippen LogP) is 4.88. The summed E-state index contributed by atoms with van der Waals surface area (Å²) in [4.78, 5) is 41.1. The Hall–Kier alpha value is -4.34. The first-order chi connectivity index (χ1) is 19.0. The third-order valence-corrected chi connectivity index (χ3v) is 7.35. The van der Waals surface area contributed by atoms with Crippen LogP contribution in [0.3, 0.4) is 0 Å². The molecule has 1 atom stereocenters. The van der Waals surface area contributed by atoms with E-state index in [-0.39, 0.29) is 37.4 Å². The number of likely N-dealkylation sites (tertiary alicyclic amines) is 1. The maximum absolute atomic E-state index is 13.7. The lowest BCUT2D eigenvalue weighted by molar-refractivity contribution is 0.0271. The number of nitrogens with zero attached hydrogens (tertiary/aromatic N) is 4. The molecule has 0 saturated carbocycles. The number of carboxylic acids is 1. The van der Waals surface area contributed by atoms with E-state index in [1.165, 1.54) is 10.7 Å². The van der Waals surface area contributed by atoms with E-state index in [9.17, 15) is 19.5 Å². The molecule has 1 saturated heterocycles. The molecule has 1 aliphatic carbocycles. The monoisotopic (exact) mass is 546 g/mol. The van der Waals surface area contributed by atoms with E-state index in [1.807, 2.05) is 45.0 Å². The van der Waals surface area contributed by atoms with Gasteiger partial charge >= 0.3 is 18.2 Å². The molecule has 210 valence electrons. The Kier molecular flexibility index (Phi) is 7.27. The Balaban J connectivity index is 1.36. The molecule has 1 N–H and O–H groups in total. The number of hydrogen-bond donors (Lipinski definition) is 1. The van der Waals surface area contributed by atoms with Crippen molar-refractivity contribution >= 4 is 18.2 Å². The van der Waals surface area contributed by atoms with Gasteiger partial charge in [0.2, 0.25) is 0 Å². The van der Waals surface area contributed by atoms with Crippen molar-refractivity contribution in [2.24, 2.45) is 7.05 Å². The van der Waals surface area contributed by atoms with Gasteiger partial charge in [-0.15, -0.1) is 0 Å². The highest BCUT2D eigenvalue weighted by Crippen LogP contribution is 2.44. The van der Waals surface area contributed by atoms with Crippen molar-refractivity contribution in [2.75, 3.05) is 19.7 Å². The van der Waals surface area contributed by atoms with E-state index in [0.29, 0.717) is 18.7 Å². The quantitative estimate of drug-likeness (QED) is 0.469. The first-order valence-electron chi connectivity index (χ1n) is 13.4. The maximum Gasteiger partial charge on any atom is 0.410 e. The van der Waals surface area contributed by atoms with Crippen LogP contribution in [0.5, 0.6) is 0 Å². The van der Waals surface area contributed by atoms with Crippen LogP contribution < -0.4 is 0 Å². The Morgan fingerprint density at radius 1 is 1.05 bits per heavy atom. The molecule has 2 aromatic carbocycles. The van der Waals surface area contributed by atoms with Gasteiger partial charge in [-0.25, -0.2) is 14.4 Å². The Morgan fingerprint density at radius 3 is 2.25 bits per heavy atom. The van der Waals surface area contributed by atoms with Gasteiger partial charge in [-0.05, 0) is 55.5 Å². The molecule has 40 heavy (non-hydrogen) atoms. The fourth-order valence-corrected chi connectivity index (χ4v) is 5.44. The highest BCUT2D eigenvalue weighted by molar-refractivity contribution is 5.85. The second-order valence-electron chi connectivity index (χ2n) is 11.3. The third-order valence-electron chi connectivity index (χ3n) is 7.35. The number of rotatable bonds is 6. The lowest BCUT2D eigenvalue weighted by atomic mass is 9.98. The zero-order chi connectivity index (χ0) is 28.6. The van der Waals surface area contributed by atoms with Gasteiger partial charge in [0.15, 0.2) is 5.69 Å². The molecule has 10 nitrogen and oxygen atoms in total. The Morgan fingerprint density at radius 2 is 1.68 bits per heavy atom. The number of aromatic carboxylic acids is 1. The van der Waals surface area contributed by atoms with Crippen LogP contribution in [0.2, 0.25) is 0 Å². The number of aryl methyl sites for hydroxylation is 1. The number of ether oxygens (including phenoxy) is 2. The molecule has 0 bridgehead atoms. The molecule has 1 unspecified atom stereocenters. The van der Waals surface area contributed by atoms with E-state index < -0.39 is 23.8 Å². The number of carbonyl (C=O) groups is 3. The number of benzene rings is 2. The second kappa shape index (κ2) is 10.7. The van der Waals surface area contributed by atoms with Gasteiger partial charge in [0.25, 0.3) is 0 Å². The van der Waals surface area contributed by atoms with Crippen LogP contribution >= 0.6 is 0 Å². The van der Waals surface area contributed by atoms with Crippen molar-refractivity contribution < 1.29 is 29.0 Å². The summed E-state index contributed by atoms with van der Waals surface area (Å²) < 4.78 is 12.9. The van der Waals surface area contributed by atoms with E-state index >= 15 is 0 Å². The summed E-state index contributed by atoms with van der Waals surface area (Å²) in [5.74, 6) is -1.25. The Bertz CT molecular complexity index is 1400. The topological polar surface area (TPSA) is 114 Å². The molecule has 2 amide bonds. The lowest BCUT2D eigenvalue weighted by Crippen LogP contribution is -2.44. The first kappa shape index (κ1) is 27.2. The molecule has 10 heteroatoms. The minimum atomic E-state index is -1.15. The molecule has 0 radical (unpaired) electrons. The molecule has 0 spiro atoms. The minimum Gasteiger partial charge on any atom is -0.476 e. The zero-order valence-corrected chi connectivity index (χ0v) is 23.2. The minimum absolute atomic E-state index is 0.0836. The van der Waals surface area contributed by atoms with Crippen LogP contribution in [0.4, 0.5) is 9.59 Å². The van der Waals surface area contributed by atoms with E-state index in [4.69, 9.17) is 9.47 Å². The molecule has 1 aromatic heterocycles. The van der Waals surface area contributed by atoms with Gasteiger partial charge < -0.3 is 19.5 Å². The number of amides is 2. The number of carboxylic acid groups (broad SMARTS) is 1. The molecule has 1 aliphatic heterocycles. The zero-order valence-electron chi connectivity index (χ0n) is 23.2. The molecule has 2 heterocycles. The van der Waals surface area contributed by atoms with Crippen LogP contribution in [0, 0.1) is 0 Å². The van der Waals surface area contributed by atoms with Crippen LogP contribution in [-0.4, -0.2) is 74.2 Å². The van der Waals surface area contributed by atoms with Crippen molar-refractivity contribution in [3.8, 4) is 11.1 Å². The molecule has 2 aliphatic rings. The fraction of sp³-hybridized carbons (Fsp3) is 0.400. The lowest BCUT2D eigenvalue weighted by Gasteiger charge is -2.29. The van der Waals surface area contributed by atoms with Crippen molar-refractivity contribution in [1.82, 2.24) is 19.6 Å². The van der Waals surface area contributed by atoms with Crippen LogP contribution in [0.15, 0.2) is 54.6 Å². The van der Waals surface area contributed by atoms with Gasteiger partial charge in [-0.1, -0.05) is 48.5 Å². The summed E-state index contributed by atoms with van der Waals surface area (Å²) in [6.45, 7) is 6.37. The average molecular weight is 547 g/mol. The summed E-state index contributed by atoms with van der Waals surface area (Å²) in [7, 11) is 1.64. The third kappa shape index (κ3) is 5.52. The number of aromatic nitrogens is 2. The van der Waals surface area contributed by atoms with Gasteiger partial charge in [0, 0.05) is 26.1 Å². The molecule has 1 fully saturated rings. The van der Waals surface area contributed by atoms with Gasteiger partial charge in [0.05, 0.1) is 18.3 Å². The van der Waals surface area contributed by atoms with Crippen molar-refractivity contribution in [3.05, 3.63) is 77.1 Å². The fourth-order valence-electron chi connectivity index (χ4n) is 5.44. The number of fused-ring (bicyclic) bond motifs is 3. The molecular weight excluding hydrogens is 512 g/mol. The van der Waals surface area contributed by atoms with Gasteiger partial charge in [0.1, 0.15) is 12.2 Å². The highest BCUT2D eigenvalue weighted by Gasteiger charge is 2.37. The summed E-state index contributed by atoms with van der Waals surface area (Å²) in [6, 6.07) is 17.4. The van der Waals surface area contributed by atoms with Crippen LogP contribution in [0.25, 0.3) is 11.1 Å². The SMILES string of the molecule is Cn1nc(C(=O)O)cc1CN(C(=O)OCC1c2ccccc2-c2ccccc21)C1CCN(C(=O)OC(C)(C)C)C1. The highest BCUT2D eigenvalue weighted by atomic mass is 16.6. The van der Waals surface area contributed by atoms with Crippen LogP contribution in [0.1, 0.15) is 60.4 Å². The maximum atomic E-state index is 13.7. The van der Waals surface area contributed by atoms with E-state index in [2.05, 4.69) is 29.4 Å². The smallest absolute Gasteiger partial charge is 0.410 e. The summed E-state index contributed by atoms with van der Waals surface area (Å²) >= 11 is 0. The average Bonchev–Trinajstić information content (AvgIpc) is 3.61. The van der Waals surface area contributed by atoms with Gasteiger partial charge in [-0.3, -0.25) is 9.58 Å². The van der Waals surface area contributed by atoms with Crippen molar-refractivity contribution in [3.63, 3.8) is 0 Å². The van der Waals surface area contributed by atoms with Gasteiger partial charge in [-0.2, -0.15) is 5.10 Å². The summed E-state index contributed by atoms with van der Waals surface area (Å²) in [6.07, 6.45) is -0.431. The normalized spacial score (nSPS) is 16.4. The molecular formula is C30H34N4O6. The summed E-state index contributed by atoms with van der Waals surface area (Å²) in [5.41, 5.74) is 4.29. The molecule has 3 aromatic rings. The number of hydrogen-bond acceptors (Lipinski definition) is 6. The number of carbonyl (C=O) groups excluding carboxylic acids is 2. The van der Waals surface area contributed by atoms with Crippen molar-refractivity contribution in [2.45, 2.75) is 51.3 Å². The summed E-state index contributed by atoms with van der Waals surface area (Å²) in [5, 5.41) is 13.4.